The molecule has 72 heavy (non-hydrogen) atoms. The Balaban J connectivity index is 0.00000760. The molecular weight excluding hydrogens is 952 g/mol. The Hall–Kier alpha value is -6.31. The fourth-order valence-electron chi connectivity index (χ4n) is 11.3. The van der Waals surface area contributed by atoms with Crippen LogP contribution in [0.15, 0.2) is 132 Å². The molecule has 1 heterocycles. The van der Waals surface area contributed by atoms with Crippen LogP contribution in [0.1, 0.15) is 91.4 Å². The molecule has 4 aromatic carbocycles. The van der Waals surface area contributed by atoms with Crippen LogP contribution in [0, 0.1) is 16.7 Å². The van der Waals surface area contributed by atoms with E-state index in [4.69, 9.17) is 29.4 Å². The van der Waals surface area contributed by atoms with E-state index >= 15 is 4.79 Å². The number of benzene rings is 4. The number of nitrogens with two attached hydrogens (primary N) is 1. The van der Waals surface area contributed by atoms with Gasteiger partial charge in [0.25, 0.3) is 5.91 Å². The Bertz CT molecular complexity index is 2710. The number of fused-ring (bicyclic) bond motifs is 5. The average Bonchev–Trinajstić information content (AvgIpc) is 3.36. The molecule has 1 aliphatic heterocycles. The summed E-state index contributed by atoms with van der Waals surface area (Å²) in [7, 11) is 0. The van der Waals surface area contributed by atoms with E-state index in [9.17, 15) is 44.4 Å². The van der Waals surface area contributed by atoms with Crippen LogP contribution in [0.4, 0.5) is 0 Å². The zero-order valence-electron chi connectivity index (χ0n) is 40.2. The summed E-state index contributed by atoms with van der Waals surface area (Å²) in [4.78, 5) is 85.6. The molecule has 2 saturated carbocycles. The molecule has 0 radical (unpaired) electrons. The smallest absolute Gasteiger partial charge is 0.338 e. The van der Waals surface area contributed by atoms with Crippen LogP contribution >= 0.6 is 12.4 Å². The summed E-state index contributed by atoms with van der Waals surface area (Å²) >= 11 is 0. The number of amides is 1. The summed E-state index contributed by atoms with van der Waals surface area (Å²) < 4.78 is 30.9. The van der Waals surface area contributed by atoms with E-state index in [1.54, 1.807) is 109 Å². The third kappa shape index (κ3) is 9.23. The second-order valence-corrected chi connectivity index (χ2v) is 19.6. The third-order valence-electron chi connectivity index (χ3n) is 15.2. The van der Waals surface area contributed by atoms with Gasteiger partial charge in [-0.25, -0.2) is 14.4 Å². The molecular formula is C54H59ClN2O15. The van der Waals surface area contributed by atoms with Gasteiger partial charge in [-0.15, -0.1) is 12.4 Å². The lowest BCUT2D eigenvalue weighted by atomic mass is 9.44. The highest BCUT2D eigenvalue weighted by molar-refractivity contribution is 5.96. The first-order valence-corrected chi connectivity index (χ1v) is 23.4. The van der Waals surface area contributed by atoms with Crippen LogP contribution in [0.3, 0.4) is 0 Å². The normalized spacial score (nSPS) is 29.8. The summed E-state index contributed by atoms with van der Waals surface area (Å²) in [5.74, 6) is -7.70. The molecule has 0 spiro atoms. The zero-order chi connectivity index (χ0) is 51.2. The Morgan fingerprint density at radius 3 is 1.83 bits per heavy atom. The molecule has 18 heteroatoms. The van der Waals surface area contributed by atoms with E-state index in [1.807, 2.05) is 0 Å². The largest absolute Gasteiger partial charge is 0.459 e. The van der Waals surface area contributed by atoms with E-state index in [2.05, 4.69) is 5.32 Å². The first-order chi connectivity index (χ1) is 33.7. The van der Waals surface area contributed by atoms with Gasteiger partial charge in [0.1, 0.15) is 36.1 Å². The molecule has 3 fully saturated rings. The van der Waals surface area contributed by atoms with Crippen molar-refractivity contribution in [2.45, 2.75) is 113 Å². The molecule has 4 aliphatic rings. The number of hydrogen-bond donors (Lipinski definition) is 6. The van der Waals surface area contributed by atoms with Gasteiger partial charge in [0.2, 0.25) is 0 Å². The van der Waals surface area contributed by atoms with Crippen molar-refractivity contribution in [2.24, 2.45) is 22.5 Å². The summed E-state index contributed by atoms with van der Waals surface area (Å²) in [5.41, 5.74) is -1.11. The second kappa shape index (κ2) is 20.7. The van der Waals surface area contributed by atoms with Crippen molar-refractivity contribution >= 4 is 48.0 Å². The van der Waals surface area contributed by atoms with Crippen molar-refractivity contribution in [3.05, 3.63) is 155 Å². The van der Waals surface area contributed by atoms with Gasteiger partial charge in [-0.2, -0.15) is 0 Å². The maximum Gasteiger partial charge on any atom is 0.338 e. The van der Waals surface area contributed by atoms with Gasteiger partial charge in [-0.1, -0.05) is 111 Å². The number of halogens is 1. The second-order valence-electron chi connectivity index (χ2n) is 19.6. The fraction of sp³-hybridized carbons (Fsp3) is 0.407. The van der Waals surface area contributed by atoms with Crippen molar-refractivity contribution < 1.29 is 72.9 Å². The monoisotopic (exact) mass is 1010 g/mol. The van der Waals surface area contributed by atoms with Crippen molar-refractivity contribution in [1.29, 1.82) is 0 Å². The minimum Gasteiger partial charge on any atom is -0.459 e. The van der Waals surface area contributed by atoms with Gasteiger partial charge in [-0.3, -0.25) is 14.4 Å². The number of aliphatic hydroxyl groups is 4. The van der Waals surface area contributed by atoms with Gasteiger partial charge in [-0.05, 0) is 60.4 Å². The number of carbonyl (C=O) groups excluding carboxylic acids is 6. The van der Waals surface area contributed by atoms with Crippen LogP contribution in [0.2, 0.25) is 0 Å². The highest BCUT2D eigenvalue weighted by Crippen LogP contribution is 2.64. The zero-order valence-corrected chi connectivity index (χ0v) is 41.0. The lowest BCUT2D eigenvalue weighted by Gasteiger charge is -2.67. The van der Waals surface area contributed by atoms with Gasteiger partial charge in [0, 0.05) is 30.7 Å². The predicted octanol–water partition coefficient (Wildman–Crippen LogP) is 4.20. The number of esters is 4. The Morgan fingerprint density at radius 1 is 0.764 bits per heavy atom. The first-order valence-electron chi connectivity index (χ1n) is 23.4. The van der Waals surface area contributed by atoms with Crippen LogP contribution in [-0.4, -0.2) is 117 Å². The molecule has 4 aromatic rings. The predicted molar refractivity (Wildman–Crippen MR) is 259 cm³/mol. The minimum atomic E-state index is -2.50. The molecule has 13 atom stereocenters. The van der Waals surface area contributed by atoms with E-state index in [0.29, 0.717) is 11.1 Å². The highest BCUT2D eigenvalue weighted by Gasteiger charge is 2.79. The third-order valence-corrected chi connectivity index (χ3v) is 15.2. The van der Waals surface area contributed by atoms with E-state index in [1.165, 1.54) is 39.8 Å². The number of carbonyl (C=O) groups is 6. The quantitative estimate of drug-likeness (QED) is 0.0623. The molecule has 1 amide bonds. The summed E-state index contributed by atoms with van der Waals surface area (Å²) in [6, 6.07) is 29.6. The molecule has 1 saturated heterocycles. The Labute approximate surface area is 422 Å². The van der Waals surface area contributed by atoms with Crippen molar-refractivity contribution in [2.75, 3.05) is 6.61 Å². The summed E-state index contributed by atoms with van der Waals surface area (Å²) in [6.07, 6.45) is -13.5. The lowest BCUT2D eigenvalue weighted by molar-refractivity contribution is -0.346. The van der Waals surface area contributed by atoms with Crippen molar-refractivity contribution in [3.8, 4) is 0 Å². The van der Waals surface area contributed by atoms with Gasteiger partial charge >= 0.3 is 23.9 Å². The fourth-order valence-corrected chi connectivity index (χ4v) is 11.3. The van der Waals surface area contributed by atoms with Crippen LogP contribution in [0.5, 0.6) is 0 Å². The summed E-state index contributed by atoms with van der Waals surface area (Å²) in [6.45, 7) is 6.57. The molecule has 0 aromatic heterocycles. The number of hydrogen-bond acceptors (Lipinski definition) is 16. The van der Waals surface area contributed by atoms with Gasteiger partial charge in [0.05, 0.1) is 35.6 Å². The van der Waals surface area contributed by atoms with Crippen LogP contribution < -0.4 is 11.1 Å². The van der Waals surface area contributed by atoms with Gasteiger partial charge < -0.3 is 55.2 Å². The Kier molecular flexibility index (Phi) is 15.4. The van der Waals surface area contributed by atoms with Crippen LogP contribution in [-0.2, 0) is 42.9 Å². The molecule has 8 rings (SSSR count). The van der Waals surface area contributed by atoms with Crippen LogP contribution in [0.25, 0.3) is 0 Å². The number of ketones is 1. The number of nitrogens with one attached hydrogen (secondary N) is 1. The molecule has 3 aliphatic carbocycles. The number of Topliss-reactive ketones (excluding diaryl/α,β-unsaturated/α-hetero) is 1. The highest BCUT2D eigenvalue weighted by atomic mass is 35.5. The number of aliphatic hydroxyl groups excluding tert-OH is 3. The summed E-state index contributed by atoms with van der Waals surface area (Å²) in [5, 5.41) is 52.5. The molecule has 17 nitrogen and oxygen atoms in total. The van der Waals surface area contributed by atoms with E-state index in [0.717, 1.165) is 6.92 Å². The number of rotatable bonds is 13. The lowest BCUT2D eigenvalue weighted by Crippen LogP contribution is -2.82. The van der Waals surface area contributed by atoms with Gasteiger partial charge in [0.15, 0.2) is 23.6 Å². The average molecular weight is 1010 g/mol. The first kappa shape index (κ1) is 53.5. The maximum absolute atomic E-state index is 15.8. The SMILES string of the molecule is CC(=O)O[C@@]12CO[C@@H]1C[C@H](OC(=O)C(O)C(N)c1ccccc1)[C@@]1(C)C(=O)[C@H](O)C3=C(C)[C@@H](OC(=O)[C@H](O)[C@@H](NC(=O)c4ccccc4)c4ccccc4)C[C@@](O)([C@@H](OC(=O)c4ccccc4)C12)C3(C)C.Cl. The van der Waals surface area contributed by atoms with E-state index < -0.39 is 131 Å². The van der Waals surface area contributed by atoms with Crippen molar-refractivity contribution in [3.63, 3.8) is 0 Å². The standard InChI is InChI=1S/C54H58N2O15.ClH/c1-29-35(68-50(65)43(60)40(32-20-12-7-13-21-32)56-47(62)33-22-14-8-15-23-33)27-54(66)46(70-48(63)34-24-16-9-17-25-34)44-52(5,45(61)41(58)38(29)51(54,3)4)36(26-37-53(44,28-67-37)71-30(2)57)69-49(64)42(59)39(55)31-18-10-6-11-19-31;/h6-25,35-37,39-44,46,58-60,66H,26-28,55H2,1-5H3,(H,56,62);1H/t35-,36-,37+,39?,40-,41+,42?,43+,44?,46-,52+,53-,54+;/m0./s1. The van der Waals surface area contributed by atoms with Crippen molar-refractivity contribution in [1.82, 2.24) is 5.32 Å². The van der Waals surface area contributed by atoms with E-state index in [-0.39, 0.29) is 41.1 Å². The number of ether oxygens (including phenoxy) is 5. The maximum atomic E-state index is 15.8. The minimum absolute atomic E-state index is 0. The Morgan fingerprint density at radius 2 is 1.29 bits per heavy atom. The topological polar surface area (TPSA) is 268 Å². The molecule has 3 unspecified atom stereocenters. The molecule has 7 N–H and O–H groups in total. The molecule has 382 valence electrons. The molecule has 2 bridgehead atoms.